The summed E-state index contributed by atoms with van der Waals surface area (Å²) in [5, 5.41) is 11.7. The van der Waals surface area contributed by atoms with Gasteiger partial charge in [0.2, 0.25) is 11.2 Å². The molecule has 1 N–H and O–H groups in total. The van der Waals surface area contributed by atoms with Crippen molar-refractivity contribution in [2.45, 2.75) is 11.2 Å². The molecule has 1 saturated heterocycles. The van der Waals surface area contributed by atoms with Gasteiger partial charge in [0.05, 0.1) is 12.3 Å². The predicted octanol–water partition coefficient (Wildman–Crippen LogP) is 1.32. The Morgan fingerprint density at radius 2 is 1.68 bits per heavy atom. The third-order valence-electron chi connectivity index (χ3n) is 4.88. The van der Waals surface area contributed by atoms with E-state index in [1.54, 1.807) is 61.6 Å². The number of fused-ring (bicyclic) bond motifs is 1. The van der Waals surface area contributed by atoms with Crippen LogP contribution in [-0.4, -0.2) is 37.2 Å². The molecular formula is C19H17NO5. The molecule has 0 unspecified atom stereocenters. The SMILES string of the molecule is CN1C(=O)[C@@](O)([C@@]2(c3ccccc3)OCCOC2=O)c2ccccc21. The average Bonchev–Trinajstić information content (AvgIpc) is 2.86. The lowest BCUT2D eigenvalue weighted by Gasteiger charge is -2.43. The third kappa shape index (κ3) is 1.86. The van der Waals surface area contributed by atoms with E-state index in [9.17, 15) is 14.7 Å². The lowest BCUT2D eigenvalue weighted by molar-refractivity contribution is -0.238. The van der Waals surface area contributed by atoms with E-state index < -0.39 is 23.1 Å². The number of carbonyl (C=O) groups excluding carboxylic acids is 2. The van der Waals surface area contributed by atoms with Crippen molar-refractivity contribution in [1.82, 2.24) is 0 Å². The van der Waals surface area contributed by atoms with Crippen molar-refractivity contribution in [2.75, 3.05) is 25.2 Å². The second-order valence-corrected chi connectivity index (χ2v) is 6.12. The van der Waals surface area contributed by atoms with Crippen molar-refractivity contribution in [1.29, 1.82) is 0 Å². The van der Waals surface area contributed by atoms with Gasteiger partial charge in [-0.3, -0.25) is 4.79 Å². The predicted molar refractivity (Wildman–Crippen MR) is 88.8 cm³/mol. The first-order chi connectivity index (χ1) is 12.0. The molecule has 128 valence electrons. The van der Waals surface area contributed by atoms with E-state index in [-0.39, 0.29) is 13.2 Å². The number of benzene rings is 2. The van der Waals surface area contributed by atoms with Crippen LogP contribution in [0, 0.1) is 0 Å². The highest BCUT2D eigenvalue weighted by Crippen LogP contribution is 2.53. The molecule has 2 aromatic rings. The lowest BCUT2D eigenvalue weighted by atomic mass is 9.73. The highest BCUT2D eigenvalue weighted by molar-refractivity contribution is 6.10. The van der Waals surface area contributed by atoms with Crippen LogP contribution in [0.25, 0.3) is 0 Å². The standard InChI is InChI=1S/C19H17NO5/c1-20-15-10-6-5-9-14(15)18(23,16(20)21)19(13-7-3-2-4-8-13)17(22)24-11-12-25-19/h2-10,23H,11-12H2,1H3/t18-,19+/m1/s1. The van der Waals surface area contributed by atoms with Crippen molar-refractivity contribution in [3.05, 3.63) is 65.7 Å². The van der Waals surface area contributed by atoms with Crippen molar-refractivity contribution < 1.29 is 24.2 Å². The fourth-order valence-corrected chi connectivity index (χ4v) is 3.70. The number of nitrogens with zero attached hydrogens (tertiary/aromatic N) is 1. The van der Waals surface area contributed by atoms with E-state index in [2.05, 4.69) is 0 Å². The molecule has 2 atom stereocenters. The maximum absolute atomic E-state index is 13.1. The maximum atomic E-state index is 13.1. The fourth-order valence-electron chi connectivity index (χ4n) is 3.70. The van der Waals surface area contributed by atoms with Gasteiger partial charge in [-0.1, -0.05) is 48.5 Å². The van der Waals surface area contributed by atoms with Crippen LogP contribution in [0.5, 0.6) is 0 Å². The van der Waals surface area contributed by atoms with Crippen LogP contribution in [0.15, 0.2) is 54.6 Å². The number of ether oxygens (including phenoxy) is 2. The Hall–Kier alpha value is -2.70. The van der Waals surface area contributed by atoms with Gasteiger partial charge in [-0.05, 0) is 11.6 Å². The van der Waals surface area contributed by atoms with Gasteiger partial charge in [0.15, 0.2) is 0 Å². The van der Waals surface area contributed by atoms with Crippen molar-refractivity contribution in [3.63, 3.8) is 0 Å². The van der Waals surface area contributed by atoms with Crippen LogP contribution < -0.4 is 4.90 Å². The molecule has 0 spiro atoms. The average molecular weight is 339 g/mol. The summed E-state index contributed by atoms with van der Waals surface area (Å²) in [5.74, 6) is -1.40. The molecule has 0 saturated carbocycles. The molecule has 2 aliphatic rings. The van der Waals surface area contributed by atoms with Gasteiger partial charge < -0.3 is 19.5 Å². The first kappa shape index (κ1) is 15.8. The Balaban J connectivity index is 2.04. The maximum Gasteiger partial charge on any atom is 0.347 e. The minimum absolute atomic E-state index is 0.0785. The number of anilines is 1. The number of aliphatic hydroxyl groups is 1. The number of hydrogen-bond acceptors (Lipinski definition) is 5. The van der Waals surface area contributed by atoms with Crippen molar-refractivity contribution in [3.8, 4) is 0 Å². The molecule has 6 heteroatoms. The Morgan fingerprint density at radius 3 is 2.40 bits per heavy atom. The molecule has 2 aromatic carbocycles. The van der Waals surface area contributed by atoms with E-state index in [1.165, 1.54) is 4.90 Å². The first-order valence-electron chi connectivity index (χ1n) is 8.00. The number of amides is 1. The Morgan fingerprint density at radius 1 is 1.00 bits per heavy atom. The zero-order valence-corrected chi connectivity index (χ0v) is 13.6. The van der Waals surface area contributed by atoms with Gasteiger partial charge in [0.25, 0.3) is 5.91 Å². The number of rotatable bonds is 2. The van der Waals surface area contributed by atoms with Gasteiger partial charge in [0, 0.05) is 12.6 Å². The number of para-hydroxylation sites is 1. The summed E-state index contributed by atoms with van der Waals surface area (Å²) in [5.41, 5.74) is -2.93. The highest BCUT2D eigenvalue weighted by Gasteiger charge is 2.69. The molecule has 25 heavy (non-hydrogen) atoms. The number of esters is 1. The third-order valence-corrected chi connectivity index (χ3v) is 4.88. The summed E-state index contributed by atoms with van der Waals surface area (Å²) in [6.45, 7) is 0.164. The molecule has 2 heterocycles. The number of carbonyl (C=O) groups is 2. The van der Waals surface area contributed by atoms with Gasteiger partial charge in [-0.2, -0.15) is 0 Å². The Labute approximate surface area is 144 Å². The second-order valence-electron chi connectivity index (χ2n) is 6.12. The summed E-state index contributed by atoms with van der Waals surface area (Å²) in [6.07, 6.45) is 0. The van der Waals surface area contributed by atoms with E-state index in [0.29, 0.717) is 16.8 Å². The fraction of sp³-hybridized carbons (Fsp3) is 0.263. The quantitative estimate of drug-likeness (QED) is 0.835. The summed E-state index contributed by atoms with van der Waals surface area (Å²) in [6, 6.07) is 15.4. The lowest BCUT2D eigenvalue weighted by Crippen LogP contribution is -2.63. The van der Waals surface area contributed by atoms with Crippen LogP contribution in [0.3, 0.4) is 0 Å². The molecule has 0 aromatic heterocycles. The molecule has 1 amide bonds. The molecule has 0 aliphatic carbocycles. The minimum Gasteiger partial charge on any atom is -0.461 e. The van der Waals surface area contributed by atoms with E-state index in [1.807, 2.05) is 0 Å². The molecule has 6 nitrogen and oxygen atoms in total. The number of likely N-dealkylation sites (N-methyl/N-ethyl adjacent to an activating group) is 1. The zero-order valence-electron chi connectivity index (χ0n) is 13.6. The monoisotopic (exact) mass is 339 g/mol. The zero-order chi connectivity index (χ0) is 17.7. The smallest absolute Gasteiger partial charge is 0.347 e. The molecule has 0 bridgehead atoms. The van der Waals surface area contributed by atoms with Crippen LogP contribution in [0.4, 0.5) is 5.69 Å². The molecular weight excluding hydrogens is 322 g/mol. The van der Waals surface area contributed by atoms with Crippen molar-refractivity contribution in [2.24, 2.45) is 0 Å². The first-order valence-corrected chi connectivity index (χ1v) is 8.00. The van der Waals surface area contributed by atoms with Crippen molar-refractivity contribution >= 4 is 17.6 Å². The van der Waals surface area contributed by atoms with Crippen LogP contribution in [0.1, 0.15) is 11.1 Å². The topological polar surface area (TPSA) is 76.1 Å². The summed E-state index contributed by atoms with van der Waals surface area (Å²) >= 11 is 0. The molecule has 1 fully saturated rings. The Bertz CT molecular complexity index is 852. The van der Waals surface area contributed by atoms with E-state index >= 15 is 0 Å². The summed E-state index contributed by atoms with van der Waals surface area (Å²) < 4.78 is 11.1. The van der Waals surface area contributed by atoms with Gasteiger partial charge in [0.1, 0.15) is 6.61 Å². The van der Waals surface area contributed by atoms with Gasteiger partial charge in [-0.15, -0.1) is 0 Å². The minimum atomic E-state index is -2.21. The summed E-state index contributed by atoms with van der Waals surface area (Å²) in [4.78, 5) is 27.3. The Kier molecular flexibility index (Phi) is 3.42. The van der Waals surface area contributed by atoms with Gasteiger partial charge in [-0.25, -0.2) is 4.79 Å². The van der Waals surface area contributed by atoms with Gasteiger partial charge >= 0.3 is 5.97 Å². The molecule has 2 aliphatic heterocycles. The number of hydrogen-bond donors (Lipinski definition) is 1. The van der Waals surface area contributed by atoms with Crippen LogP contribution >= 0.6 is 0 Å². The molecule has 4 rings (SSSR count). The summed E-state index contributed by atoms with van der Waals surface area (Å²) in [7, 11) is 1.56. The highest BCUT2D eigenvalue weighted by atomic mass is 16.6. The van der Waals surface area contributed by atoms with Crippen LogP contribution in [0.2, 0.25) is 0 Å². The second kappa shape index (κ2) is 5.40. The van der Waals surface area contributed by atoms with E-state index in [0.717, 1.165) is 0 Å². The number of cyclic esters (lactones) is 1. The molecule has 0 radical (unpaired) electrons. The normalized spacial score (nSPS) is 28.6. The van der Waals surface area contributed by atoms with Crippen LogP contribution in [-0.2, 0) is 30.3 Å². The largest absolute Gasteiger partial charge is 0.461 e. The van der Waals surface area contributed by atoms with E-state index in [4.69, 9.17) is 9.47 Å².